The molecular weight excluding hydrogens is 310 g/mol. The standard InChI is InChI=1S/C18H25NO5/c1-17(2)23-14-9-22-18(21,16(20)15(14)24-17)10-19-13-7-6-11-4-3-5-12(11)8-13/h6-8,14-16,19-21H,3-5,9-10H2,1-2H3/t14-,15-,16+,18-/m1/s1. The van der Waals surface area contributed by atoms with E-state index in [-0.39, 0.29) is 19.3 Å². The van der Waals surface area contributed by atoms with E-state index in [0.717, 1.165) is 18.5 Å². The highest BCUT2D eigenvalue weighted by Gasteiger charge is 2.56. The summed E-state index contributed by atoms with van der Waals surface area (Å²) in [5.74, 6) is -2.48. The molecular formula is C18H25NO5. The van der Waals surface area contributed by atoms with Crippen LogP contribution in [-0.2, 0) is 27.1 Å². The first-order valence-corrected chi connectivity index (χ1v) is 8.62. The van der Waals surface area contributed by atoms with Crippen molar-refractivity contribution in [2.24, 2.45) is 0 Å². The lowest BCUT2D eigenvalue weighted by atomic mass is 9.96. The fourth-order valence-electron chi connectivity index (χ4n) is 3.89. The maximum atomic E-state index is 10.7. The van der Waals surface area contributed by atoms with Gasteiger partial charge >= 0.3 is 0 Å². The van der Waals surface area contributed by atoms with Crippen LogP contribution in [0, 0.1) is 0 Å². The van der Waals surface area contributed by atoms with E-state index in [1.165, 1.54) is 17.5 Å². The zero-order chi connectivity index (χ0) is 16.9. The van der Waals surface area contributed by atoms with E-state index in [0.29, 0.717) is 0 Å². The second kappa shape index (κ2) is 5.68. The molecule has 2 saturated heterocycles. The van der Waals surface area contributed by atoms with Crippen molar-refractivity contribution >= 4 is 5.69 Å². The minimum Gasteiger partial charge on any atom is -0.385 e. The van der Waals surface area contributed by atoms with Gasteiger partial charge in [-0.25, -0.2) is 0 Å². The zero-order valence-corrected chi connectivity index (χ0v) is 14.1. The number of rotatable bonds is 3. The van der Waals surface area contributed by atoms with Crippen molar-refractivity contribution in [3.05, 3.63) is 29.3 Å². The Kier molecular flexibility index (Phi) is 3.85. The van der Waals surface area contributed by atoms with Crippen LogP contribution in [0.3, 0.4) is 0 Å². The van der Waals surface area contributed by atoms with E-state index in [9.17, 15) is 10.2 Å². The Morgan fingerprint density at radius 1 is 1.21 bits per heavy atom. The number of aryl methyl sites for hydroxylation is 2. The summed E-state index contributed by atoms with van der Waals surface area (Å²) in [6.07, 6.45) is 1.28. The van der Waals surface area contributed by atoms with Crippen LogP contribution in [0.15, 0.2) is 18.2 Å². The molecule has 24 heavy (non-hydrogen) atoms. The van der Waals surface area contributed by atoms with Crippen molar-refractivity contribution < 1.29 is 24.4 Å². The van der Waals surface area contributed by atoms with Crippen LogP contribution in [0.4, 0.5) is 5.69 Å². The Hall–Kier alpha value is -1.18. The maximum Gasteiger partial charge on any atom is 0.212 e. The van der Waals surface area contributed by atoms with Gasteiger partial charge in [0.25, 0.3) is 0 Å². The minimum absolute atomic E-state index is 0.0833. The number of benzene rings is 1. The third kappa shape index (κ3) is 2.82. The predicted octanol–water partition coefficient (Wildman–Crippen LogP) is 1.19. The Morgan fingerprint density at radius 3 is 2.83 bits per heavy atom. The highest BCUT2D eigenvalue weighted by atomic mass is 16.8. The topological polar surface area (TPSA) is 80.2 Å². The predicted molar refractivity (Wildman–Crippen MR) is 87.7 cm³/mol. The summed E-state index contributed by atoms with van der Waals surface area (Å²) in [5.41, 5.74) is 3.67. The first kappa shape index (κ1) is 16.3. The van der Waals surface area contributed by atoms with Crippen molar-refractivity contribution in [2.45, 2.75) is 63.0 Å². The number of hydrogen-bond acceptors (Lipinski definition) is 6. The van der Waals surface area contributed by atoms with Gasteiger partial charge in [-0.1, -0.05) is 6.07 Å². The summed E-state index contributed by atoms with van der Waals surface area (Å²) in [7, 11) is 0. The quantitative estimate of drug-likeness (QED) is 0.770. The maximum absolute atomic E-state index is 10.7. The first-order valence-electron chi connectivity index (χ1n) is 8.62. The lowest BCUT2D eigenvalue weighted by Crippen LogP contribution is -2.62. The van der Waals surface area contributed by atoms with Crippen LogP contribution in [0.1, 0.15) is 31.4 Å². The average Bonchev–Trinajstić information content (AvgIpc) is 3.12. The molecule has 0 spiro atoms. The molecule has 0 unspecified atom stereocenters. The van der Waals surface area contributed by atoms with Crippen LogP contribution in [0.25, 0.3) is 0 Å². The molecule has 3 aliphatic rings. The van der Waals surface area contributed by atoms with Gasteiger partial charge in [-0.15, -0.1) is 0 Å². The van der Waals surface area contributed by atoms with Crippen LogP contribution in [0.2, 0.25) is 0 Å². The van der Waals surface area contributed by atoms with Crippen LogP contribution in [0.5, 0.6) is 0 Å². The van der Waals surface area contributed by atoms with E-state index >= 15 is 0 Å². The molecule has 132 valence electrons. The van der Waals surface area contributed by atoms with Gasteiger partial charge in [0.05, 0.1) is 13.2 Å². The van der Waals surface area contributed by atoms with Crippen LogP contribution in [-0.4, -0.2) is 53.3 Å². The number of aliphatic hydroxyl groups is 2. The molecule has 3 N–H and O–H groups in total. The van der Waals surface area contributed by atoms with E-state index in [2.05, 4.69) is 17.4 Å². The zero-order valence-electron chi connectivity index (χ0n) is 14.1. The molecule has 0 aromatic heterocycles. The van der Waals surface area contributed by atoms with E-state index in [1.54, 1.807) is 13.8 Å². The summed E-state index contributed by atoms with van der Waals surface area (Å²) in [6.45, 7) is 3.85. The third-order valence-electron chi connectivity index (χ3n) is 5.14. The third-order valence-corrected chi connectivity index (χ3v) is 5.14. The number of anilines is 1. The van der Waals surface area contributed by atoms with Crippen molar-refractivity contribution in [2.75, 3.05) is 18.5 Å². The highest BCUT2D eigenvalue weighted by molar-refractivity contribution is 5.50. The number of ether oxygens (including phenoxy) is 3. The van der Waals surface area contributed by atoms with Crippen LogP contribution < -0.4 is 5.32 Å². The lowest BCUT2D eigenvalue weighted by Gasteiger charge is -2.41. The van der Waals surface area contributed by atoms with Crippen molar-refractivity contribution in [1.29, 1.82) is 0 Å². The molecule has 0 bridgehead atoms. The smallest absolute Gasteiger partial charge is 0.212 e. The molecule has 0 radical (unpaired) electrons. The minimum atomic E-state index is -1.70. The molecule has 2 heterocycles. The molecule has 2 fully saturated rings. The van der Waals surface area contributed by atoms with Gasteiger partial charge in [0.2, 0.25) is 5.79 Å². The Bertz CT molecular complexity index is 634. The monoisotopic (exact) mass is 335 g/mol. The normalized spacial score (nSPS) is 37.1. The van der Waals surface area contributed by atoms with Crippen LogP contribution >= 0.6 is 0 Å². The molecule has 6 heteroatoms. The van der Waals surface area contributed by atoms with Gasteiger partial charge in [0.15, 0.2) is 5.79 Å². The van der Waals surface area contributed by atoms with Gasteiger partial charge in [-0.3, -0.25) is 0 Å². The Balaban J connectivity index is 1.44. The fraction of sp³-hybridized carbons (Fsp3) is 0.667. The summed E-state index contributed by atoms with van der Waals surface area (Å²) < 4.78 is 17.0. The number of nitrogens with one attached hydrogen (secondary N) is 1. The molecule has 2 aliphatic heterocycles. The van der Waals surface area contributed by atoms with E-state index in [1.807, 2.05) is 6.07 Å². The summed E-state index contributed by atoms with van der Waals surface area (Å²) in [5, 5.41) is 24.5. The second-order valence-electron chi connectivity index (χ2n) is 7.43. The molecule has 1 aliphatic carbocycles. The largest absolute Gasteiger partial charge is 0.385 e. The average molecular weight is 335 g/mol. The van der Waals surface area contributed by atoms with E-state index in [4.69, 9.17) is 14.2 Å². The SMILES string of the molecule is CC1(C)O[C@@H]2[C@@H](CO[C@](O)(CNc3ccc4c(c3)CCC4)[C@H]2O)O1. The molecule has 6 nitrogen and oxygen atoms in total. The summed E-state index contributed by atoms with van der Waals surface area (Å²) in [6, 6.07) is 6.24. The molecule has 0 saturated carbocycles. The van der Waals surface area contributed by atoms with Crippen molar-refractivity contribution in [3.8, 4) is 0 Å². The first-order chi connectivity index (χ1) is 11.4. The van der Waals surface area contributed by atoms with Crippen molar-refractivity contribution in [1.82, 2.24) is 0 Å². The molecule has 0 amide bonds. The molecule has 1 aromatic rings. The Labute approximate surface area is 141 Å². The lowest BCUT2D eigenvalue weighted by molar-refractivity contribution is -0.298. The molecule has 4 rings (SSSR count). The van der Waals surface area contributed by atoms with Crippen molar-refractivity contribution in [3.63, 3.8) is 0 Å². The van der Waals surface area contributed by atoms with Gasteiger partial charge in [0, 0.05) is 5.69 Å². The van der Waals surface area contributed by atoms with Gasteiger partial charge in [-0.2, -0.15) is 0 Å². The summed E-state index contributed by atoms with van der Waals surface area (Å²) in [4.78, 5) is 0. The van der Waals surface area contributed by atoms with E-state index < -0.39 is 23.8 Å². The molecule has 1 aromatic carbocycles. The Morgan fingerprint density at radius 2 is 2.00 bits per heavy atom. The van der Waals surface area contributed by atoms with Gasteiger partial charge < -0.3 is 29.7 Å². The number of fused-ring (bicyclic) bond motifs is 2. The second-order valence-corrected chi connectivity index (χ2v) is 7.43. The summed E-state index contributed by atoms with van der Waals surface area (Å²) >= 11 is 0. The van der Waals surface area contributed by atoms with Gasteiger partial charge in [-0.05, 0) is 56.4 Å². The highest BCUT2D eigenvalue weighted by Crippen LogP contribution is 2.37. The van der Waals surface area contributed by atoms with Gasteiger partial charge in [0.1, 0.15) is 18.3 Å². The molecule has 4 atom stereocenters. The number of aliphatic hydroxyl groups excluding tert-OH is 1. The number of hydrogen-bond donors (Lipinski definition) is 3. The fourth-order valence-corrected chi connectivity index (χ4v) is 3.89.